The Hall–Kier alpha value is -17.0. The Morgan fingerprint density at radius 1 is 0.137 bits per heavy atom. The van der Waals surface area contributed by atoms with Crippen molar-refractivity contribution in [1.82, 2.24) is 63.5 Å². The highest BCUT2D eigenvalue weighted by atomic mass is 15.1. The molecule has 0 aliphatic heterocycles. The highest BCUT2D eigenvalue weighted by Crippen LogP contribution is 2.43. The first-order valence-corrected chi connectivity index (χ1v) is 41.5. The lowest BCUT2D eigenvalue weighted by Gasteiger charge is -2.12. The van der Waals surface area contributed by atoms with Crippen LogP contribution in [-0.2, 0) is 0 Å². The van der Waals surface area contributed by atoms with Gasteiger partial charge in [0.25, 0.3) is 0 Å². The van der Waals surface area contributed by atoms with Gasteiger partial charge in [-0.2, -0.15) is 0 Å². The summed E-state index contributed by atoms with van der Waals surface area (Å²) < 4.78 is 7.04. The molecule has 17 aromatic carbocycles. The molecule has 0 saturated heterocycles. The Morgan fingerprint density at radius 2 is 0.355 bits per heavy atom. The zero-order valence-corrected chi connectivity index (χ0v) is 66.8. The molecule has 0 unspecified atom stereocenters. The summed E-state index contributed by atoms with van der Waals surface area (Å²) in [4.78, 5) is 48.5. The maximum absolute atomic E-state index is 5.05. The van der Waals surface area contributed by atoms with Crippen LogP contribution in [0.25, 0.3) is 229 Å². The first-order chi connectivity index (χ1) is 61.4. The minimum atomic E-state index is 0.615. The number of benzene rings is 17. The summed E-state index contributed by atoms with van der Waals surface area (Å²) in [7, 11) is 0. The number of rotatable bonds is 14. The molecule has 0 radical (unpaired) electrons. The van der Waals surface area contributed by atoms with E-state index >= 15 is 0 Å². The van der Waals surface area contributed by atoms with Crippen molar-refractivity contribution < 1.29 is 0 Å². The Bertz CT molecular complexity index is 7770. The predicted molar refractivity (Wildman–Crippen MR) is 505 cm³/mol. The molecular formula is C111H71N13. The number of nitrogens with zero attached hydrogens (tertiary/aromatic N) is 12. The van der Waals surface area contributed by atoms with Crippen LogP contribution in [0, 0.1) is 0 Å². The van der Waals surface area contributed by atoms with Gasteiger partial charge in [0, 0.05) is 121 Å². The highest BCUT2D eigenvalue weighted by Gasteiger charge is 2.23. The number of nitrogens with one attached hydrogen (secondary N) is 1. The van der Waals surface area contributed by atoms with Crippen LogP contribution in [0.1, 0.15) is 0 Å². The lowest BCUT2D eigenvalue weighted by Crippen LogP contribution is -2.01. The molecule has 1 N–H and O–H groups in total. The average molecular weight is 1590 g/mol. The maximum atomic E-state index is 5.05. The molecule has 13 heteroatoms. The van der Waals surface area contributed by atoms with Gasteiger partial charge in [-0.05, 0) is 131 Å². The van der Waals surface area contributed by atoms with Crippen LogP contribution < -0.4 is 0 Å². The quantitative estimate of drug-likeness (QED) is 0.112. The molecular weight excluding hydrogens is 1520 g/mol. The molecule has 0 fully saturated rings. The molecule has 0 aliphatic rings. The molecule has 0 aliphatic carbocycles. The highest BCUT2D eigenvalue weighted by molar-refractivity contribution is 6.15. The monoisotopic (exact) mass is 1590 g/mol. The van der Waals surface area contributed by atoms with Crippen LogP contribution >= 0.6 is 0 Å². The number of aromatic amines is 1. The van der Waals surface area contributed by atoms with E-state index in [2.05, 4.69) is 261 Å². The second-order valence-corrected chi connectivity index (χ2v) is 31.0. The second kappa shape index (κ2) is 30.7. The normalized spacial score (nSPS) is 11.5. The molecule has 13 nitrogen and oxygen atoms in total. The first-order valence-electron chi connectivity index (χ1n) is 41.5. The third-order valence-corrected chi connectivity index (χ3v) is 23.4. The van der Waals surface area contributed by atoms with Gasteiger partial charge in [0.05, 0.1) is 33.1 Å². The van der Waals surface area contributed by atoms with Gasteiger partial charge in [-0.3, -0.25) is 0 Å². The fraction of sp³-hybridized carbons (Fsp3) is 0. The van der Waals surface area contributed by atoms with Gasteiger partial charge in [-0.25, -0.2) is 44.9 Å². The minimum absolute atomic E-state index is 0.615. The molecule has 124 heavy (non-hydrogen) atoms. The van der Waals surface area contributed by atoms with Crippen LogP contribution in [0.3, 0.4) is 0 Å². The van der Waals surface area contributed by atoms with Gasteiger partial charge in [0.15, 0.2) is 52.4 Å². The number of para-hydroxylation sites is 4. The molecule has 7 heterocycles. The largest absolute Gasteiger partial charge is 0.355 e. The Morgan fingerprint density at radius 3 is 0.653 bits per heavy atom. The molecule has 0 bridgehead atoms. The standard InChI is InChI=1S/C66H42N8.C45H29N5/c1-5-19-43(20-6-1)61-67-62(44-21-7-2-8-22-44)70-65(69-61)49-27-17-29-51(39-49)73-57-33-15-13-31-53(57)55-41-47(35-37-59(55)73)48-36-38-60-56(42-48)54-32-14-16-34-58(54)74(60)52-30-18-28-50(40-52)66-71-63(45-23-9-3-10-24-45)68-64(72-66)46-25-11-4-12-26-46;1-3-12-29(13-4-1)43-47-44(30-14-5-2-6-15-30)49-45(48-43)33-16-11-17-34(26-33)50-41-21-10-8-19-36(41)38-28-32(23-25-42(38)50)31-22-24-40-37(27-31)35-18-7-9-20-39(35)46-40/h1-42H;1-28,46H. The van der Waals surface area contributed by atoms with Crippen LogP contribution in [0.2, 0.25) is 0 Å². The number of hydrogen-bond acceptors (Lipinski definition) is 9. The molecule has 7 aromatic heterocycles. The van der Waals surface area contributed by atoms with Crippen LogP contribution in [0.4, 0.5) is 0 Å². The Labute approximate surface area is 712 Å². The van der Waals surface area contributed by atoms with Gasteiger partial charge < -0.3 is 18.7 Å². The van der Waals surface area contributed by atoms with Gasteiger partial charge in [-0.15, -0.1) is 0 Å². The fourth-order valence-electron chi connectivity index (χ4n) is 17.5. The van der Waals surface area contributed by atoms with Crippen molar-refractivity contribution in [2.75, 3.05) is 0 Å². The van der Waals surface area contributed by atoms with Crippen molar-refractivity contribution in [2.45, 2.75) is 0 Å². The molecule has 24 aromatic rings. The van der Waals surface area contributed by atoms with Gasteiger partial charge in [0.2, 0.25) is 0 Å². The van der Waals surface area contributed by atoms with E-state index in [1.807, 2.05) is 182 Å². The minimum Gasteiger partial charge on any atom is -0.355 e. The third-order valence-electron chi connectivity index (χ3n) is 23.4. The zero-order valence-electron chi connectivity index (χ0n) is 66.8. The van der Waals surface area contributed by atoms with Crippen molar-refractivity contribution >= 4 is 87.2 Å². The Balaban J connectivity index is 0.000000154. The molecule has 0 amide bonds. The van der Waals surface area contributed by atoms with E-state index in [9.17, 15) is 0 Å². The van der Waals surface area contributed by atoms with Crippen LogP contribution in [-0.4, -0.2) is 63.5 Å². The number of H-pyrrole nitrogens is 1. The van der Waals surface area contributed by atoms with E-state index < -0.39 is 0 Å². The topological polar surface area (TPSA) is 147 Å². The maximum Gasteiger partial charge on any atom is 0.164 e. The Kier molecular flexibility index (Phi) is 17.9. The summed E-state index contributed by atoms with van der Waals surface area (Å²) >= 11 is 0. The van der Waals surface area contributed by atoms with E-state index in [4.69, 9.17) is 44.9 Å². The van der Waals surface area contributed by atoms with Crippen molar-refractivity contribution in [3.63, 3.8) is 0 Å². The zero-order chi connectivity index (χ0) is 82.0. The molecule has 24 rings (SSSR count). The molecule has 0 atom stereocenters. The van der Waals surface area contributed by atoms with Crippen molar-refractivity contribution in [1.29, 1.82) is 0 Å². The summed E-state index contributed by atoms with van der Waals surface area (Å²) in [5.74, 6) is 5.69. The van der Waals surface area contributed by atoms with E-state index in [1.54, 1.807) is 0 Å². The lowest BCUT2D eigenvalue weighted by atomic mass is 10.0. The van der Waals surface area contributed by atoms with E-state index in [-0.39, 0.29) is 0 Å². The van der Waals surface area contributed by atoms with E-state index in [1.165, 1.54) is 54.2 Å². The lowest BCUT2D eigenvalue weighted by molar-refractivity contribution is 1.07. The number of aromatic nitrogens is 13. The second-order valence-electron chi connectivity index (χ2n) is 31.0. The summed E-state index contributed by atoms with van der Waals surface area (Å²) in [5.41, 5.74) is 25.2. The average Bonchev–Trinajstić information content (AvgIpc) is 1.59. The van der Waals surface area contributed by atoms with Gasteiger partial charge in [0.1, 0.15) is 0 Å². The third kappa shape index (κ3) is 13.2. The van der Waals surface area contributed by atoms with E-state index in [0.717, 1.165) is 122 Å². The van der Waals surface area contributed by atoms with E-state index in [0.29, 0.717) is 52.4 Å². The predicted octanol–water partition coefficient (Wildman–Crippen LogP) is 27.2. The van der Waals surface area contributed by atoms with Gasteiger partial charge >= 0.3 is 0 Å². The van der Waals surface area contributed by atoms with Crippen molar-refractivity contribution in [3.8, 4) is 142 Å². The smallest absolute Gasteiger partial charge is 0.164 e. The summed E-state index contributed by atoms with van der Waals surface area (Å²) in [6.07, 6.45) is 0. The summed E-state index contributed by atoms with van der Waals surface area (Å²) in [5, 5.41) is 9.59. The van der Waals surface area contributed by atoms with Crippen LogP contribution in [0.15, 0.2) is 425 Å². The number of fused-ring (bicyclic) bond motifs is 12. The van der Waals surface area contributed by atoms with Gasteiger partial charge in [-0.1, -0.05) is 315 Å². The molecule has 0 spiro atoms. The summed E-state index contributed by atoms with van der Waals surface area (Å²) in [6, 6.07) is 148. The SMILES string of the molecule is c1ccc(-c2nc(-c3ccccc3)nc(-c3cccc(-n4c5ccccc5c5cc(-c6ccc7[nH]c8ccccc8c7c6)ccc54)c3)n2)cc1.c1ccc(-c2nc(-c3ccccc3)nc(-c3cccc(-n4c5ccccc5c5cc(-c6ccc7c(c6)c6ccccc6n7-c6cccc(-c7nc(-c8ccccc8)nc(-c8ccccc8)n7)c6)ccc54)c3)n2)cc1. The van der Waals surface area contributed by atoms with Crippen LogP contribution in [0.5, 0.6) is 0 Å². The molecule has 0 saturated carbocycles. The molecule has 580 valence electrons. The van der Waals surface area contributed by atoms with Crippen molar-refractivity contribution in [2.24, 2.45) is 0 Å². The first kappa shape index (κ1) is 72.2. The number of hydrogen-bond donors (Lipinski definition) is 1. The fourth-order valence-corrected chi connectivity index (χ4v) is 17.5. The van der Waals surface area contributed by atoms with Crippen molar-refractivity contribution in [3.05, 3.63) is 425 Å². The summed E-state index contributed by atoms with van der Waals surface area (Å²) in [6.45, 7) is 0.